The van der Waals surface area contributed by atoms with Crippen molar-refractivity contribution in [2.75, 3.05) is 0 Å². The lowest BCUT2D eigenvalue weighted by Crippen LogP contribution is -1.97. The molecule has 0 saturated carbocycles. The highest BCUT2D eigenvalue weighted by Gasteiger charge is 2.25. The average Bonchev–Trinajstić information content (AvgIpc) is 1.57. The number of para-hydroxylation sites is 8. The number of pyridine rings is 1. The predicted octanol–water partition coefficient (Wildman–Crippen LogP) is 36.8. The van der Waals surface area contributed by atoms with Crippen LogP contribution in [-0.4, -0.2) is 42.4 Å². The van der Waals surface area contributed by atoms with Crippen molar-refractivity contribution >= 4 is 131 Å². The van der Waals surface area contributed by atoms with Gasteiger partial charge in [-0.1, -0.05) is 328 Å². The van der Waals surface area contributed by atoms with Crippen molar-refractivity contribution in [3.8, 4) is 146 Å². The molecule has 0 aliphatic rings. The molecule has 8 heterocycles. The molecule has 700 valence electrons. The van der Waals surface area contributed by atoms with Gasteiger partial charge < -0.3 is 27.4 Å². The third kappa shape index (κ3) is 14.9. The fraction of sp³-hybridized carbons (Fsp3) is 0. The number of fused-ring (bicyclic) bond motifs is 18. The van der Waals surface area contributed by atoms with Gasteiger partial charge in [0, 0.05) is 127 Å². The lowest BCUT2D eigenvalue weighted by molar-refractivity contribution is 1.16. The Hall–Kier alpha value is -20.1. The van der Waals surface area contributed by atoms with Crippen LogP contribution in [0.5, 0.6) is 0 Å². The van der Waals surface area contributed by atoms with Gasteiger partial charge in [-0.15, -0.1) is 0 Å². The van der Waals surface area contributed by atoms with E-state index in [1.54, 1.807) is 0 Å². The Bertz CT molecular complexity index is 9390. The van der Waals surface area contributed by atoms with E-state index in [4.69, 9.17) is 15.0 Å². The number of rotatable bonds is 16. The molecule has 8 aromatic heterocycles. The molecule has 9 nitrogen and oxygen atoms in total. The van der Waals surface area contributed by atoms with Crippen molar-refractivity contribution in [3.05, 3.63) is 552 Å². The van der Waals surface area contributed by atoms with Crippen molar-refractivity contribution < 1.29 is 0 Å². The summed E-state index contributed by atoms with van der Waals surface area (Å²) in [7, 11) is 0. The van der Waals surface area contributed by atoms with Crippen LogP contribution >= 0.6 is 0 Å². The van der Waals surface area contributed by atoms with E-state index in [1.807, 2.05) is 12.1 Å². The number of aromatic nitrogens is 9. The first kappa shape index (κ1) is 86.5. The lowest BCUT2D eigenvalue weighted by atomic mass is 9.98. The Morgan fingerprint density at radius 1 is 0.100 bits per heavy atom. The van der Waals surface area contributed by atoms with Crippen molar-refractivity contribution in [1.82, 2.24) is 42.4 Å². The Kier molecular flexibility index (Phi) is 20.8. The molecule has 0 saturated heterocycles. The topological polar surface area (TPSA) is 68.2 Å². The first-order valence-corrected chi connectivity index (χ1v) is 51.2. The number of benzene rings is 22. The van der Waals surface area contributed by atoms with Crippen LogP contribution in [0.2, 0.25) is 0 Å². The summed E-state index contributed by atoms with van der Waals surface area (Å²) >= 11 is 0. The van der Waals surface area contributed by atoms with E-state index in [-0.39, 0.29) is 0 Å². The second-order valence-corrected chi connectivity index (χ2v) is 38.9. The number of hydrogen-bond acceptors (Lipinski definition) is 3. The molecule has 0 atom stereocenters. The fourth-order valence-electron chi connectivity index (χ4n) is 23.2. The van der Waals surface area contributed by atoms with Gasteiger partial charge in [0.2, 0.25) is 0 Å². The summed E-state index contributed by atoms with van der Waals surface area (Å²) in [4.78, 5) is 15.6. The van der Waals surface area contributed by atoms with Gasteiger partial charge in [0.15, 0.2) is 5.82 Å². The van der Waals surface area contributed by atoms with Crippen molar-refractivity contribution in [1.29, 1.82) is 0 Å². The molecule has 0 spiro atoms. The molecule has 22 aromatic carbocycles. The lowest BCUT2D eigenvalue weighted by Gasteiger charge is -2.12. The maximum Gasteiger partial charge on any atom is 0.160 e. The van der Waals surface area contributed by atoms with E-state index in [0.29, 0.717) is 5.82 Å². The van der Waals surface area contributed by atoms with E-state index in [9.17, 15) is 0 Å². The molecule has 30 aromatic rings. The zero-order valence-corrected chi connectivity index (χ0v) is 81.6. The molecule has 9 heteroatoms. The van der Waals surface area contributed by atoms with Gasteiger partial charge >= 0.3 is 0 Å². The highest BCUT2D eigenvalue weighted by molar-refractivity contribution is 6.18. The molecule has 150 heavy (non-hydrogen) atoms. The SMILES string of the molecule is c1ccc(-c2cc(-c3ccccc3)nc(-c3ccc(-n4c5ccc(-c6ccc7c(c6)c6ccccc6n7-c6ccccc6)cc5c5cc(-c6ccc7c(c6)c6ccccc6n7-c6ccccc6)ccc54)cc3)c2)cc1.c1ccc(-c2cc(-c3ccccc3)nc(-c3ccc(-n4c5ccc(-c6ccc7c(c6)c6ccccc6n7-c6ccccc6)cc5c5cc(-c6ccc7c(c6)c6ccccc6n7-c6ccccc6)ccc54)cc3)n2)cc1. The predicted molar refractivity (Wildman–Crippen MR) is 627 cm³/mol. The Labute approximate surface area is 865 Å². The molecule has 0 aliphatic carbocycles. The van der Waals surface area contributed by atoms with Gasteiger partial charge in [-0.25, -0.2) is 15.0 Å². The van der Waals surface area contributed by atoms with E-state index < -0.39 is 0 Å². The molecule has 0 N–H and O–H groups in total. The summed E-state index contributed by atoms with van der Waals surface area (Å²) in [5.41, 5.74) is 41.5. The van der Waals surface area contributed by atoms with Crippen LogP contribution in [0.15, 0.2) is 552 Å². The maximum absolute atomic E-state index is 5.26. The van der Waals surface area contributed by atoms with Crippen LogP contribution < -0.4 is 0 Å². The number of nitrogens with zero attached hydrogens (tertiary/aromatic N) is 9. The van der Waals surface area contributed by atoms with Gasteiger partial charge in [0.25, 0.3) is 0 Å². The summed E-state index contributed by atoms with van der Waals surface area (Å²) in [5, 5.41) is 14.7. The van der Waals surface area contributed by atoms with Gasteiger partial charge in [0.1, 0.15) is 0 Å². The third-order valence-electron chi connectivity index (χ3n) is 30.3. The molecule has 0 aliphatic heterocycles. The molecule has 0 radical (unpaired) electrons. The molecular weight excluding hydrogens is 1820 g/mol. The monoisotopic (exact) mass is 1910 g/mol. The van der Waals surface area contributed by atoms with Crippen LogP contribution in [0, 0.1) is 0 Å². The summed E-state index contributed by atoms with van der Waals surface area (Å²) in [6.45, 7) is 0. The second-order valence-electron chi connectivity index (χ2n) is 38.9. The van der Waals surface area contributed by atoms with Gasteiger partial charge in [-0.05, 0) is 280 Å². The van der Waals surface area contributed by atoms with Crippen LogP contribution in [-0.2, 0) is 0 Å². The average molecular weight is 1910 g/mol. The zero-order chi connectivity index (χ0) is 98.8. The standard InChI is InChI=1S/C71H46N4.C70H45N5/c1-5-17-47(18-6-1)54-45-64(48-19-7-2-8-20-48)72-65(46-54)49-29-35-57(36-30-49)75-70-39-33-52(50-31-37-68-60(41-50)58-25-13-15-27-66(58)73(68)55-21-9-3-10-22-55)43-62(70)63-44-53(34-40-71(63)75)51-32-38-69-61(42-51)59-26-14-16-28-67(59)74(69)56-23-11-4-12-24-56;1-5-17-46(18-6-1)62-45-63(47-19-7-2-8-20-47)72-70(71-62)48-29-35-55(36-30-48)75-68-39-33-51(49-31-37-66-58(41-49)56-25-13-15-27-64(56)73(66)53-21-9-3-10-22-53)43-60(68)61-44-52(34-40-69(61)75)50-32-38-67-59(42-50)57-26-14-16-28-65(57)74(67)54-23-11-4-12-24-54/h1-46H;1-45H. The zero-order valence-electron chi connectivity index (χ0n) is 81.6. The molecule has 30 rings (SSSR count). The first-order chi connectivity index (χ1) is 74.4. The molecular formula is C141H91N9. The van der Waals surface area contributed by atoms with Crippen LogP contribution in [0.1, 0.15) is 0 Å². The third-order valence-corrected chi connectivity index (χ3v) is 30.3. The maximum atomic E-state index is 5.26. The van der Waals surface area contributed by atoms with Crippen molar-refractivity contribution in [2.24, 2.45) is 0 Å². The highest BCUT2D eigenvalue weighted by atomic mass is 15.0. The number of hydrogen-bond donors (Lipinski definition) is 0. The summed E-state index contributed by atoms with van der Waals surface area (Å²) in [6.07, 6.45) is 0. The summed E-state index contributed by atoms with van der Waals surface area (Å²) < 4.78 is 14.4. The van der Waals surface area contributed by atoms with E-state index in [1.165, 1.54) is 153 Å². The molecule has 0 fully saturated rings. The summed E-state index contributed by atoms with van der Waals surface area (Å²) in [5.74, 6) is 0.686. The van der Waals surface area contributed by atoms with Crippen LogP contribution in [0.25, 0.3) is 277 Å². The van der Waals surface area contributed by atoms with E-state index >= 15 is 0 Å². The Balaban J connectivity index is 0.000000141. The van der Waals surface area contributed by atoms with E-state index in [0.717, 1.165) is 118 Å². The fourth-order valence-corrected chi connectivity index (χ4v) is 23.2. The minimum atomic E-state index is 0.686. The first-order valence-electron chi connectivity index (χ1n) is 51.2. The molecule has 0 bridgehead atoms. The van der Waals surface area contributed by atoms with Gasteiger partial charge in [-0.2, -0.15) is 0 Å². The Morgan fingerprint density at radius 2 is 0.273 bits per heavy atom. The van der Waals surface area contributed by atoms with Crippen molar-refractivity contribution in [2.45, 2.75) is 0 Å². The van der Waals surface area contributed by atoms with Gasteiger partial charge in [0.05, 0.1) is 89.0 Å². The Morgan fingerprint density at radius 3 is 0.520 bits per heavy atom. The van der Waals surface area contributed by atoms with Crippen LogP contribution in [0.4, 0.5) is 0 Å². The van der Waals surface area contributed by atoms with Gasteiger partial charge in [-0.3, -0.25) is 0 Å². The second kappa shape index (κ2) is 36.0. The smallest absolute Gasteiger partial charge is 0.160 e. The largest absolute Gasteiger partial charge is 0.309 e. The molecule has 0 amide bonds. The quantitative estimate of drug-likeness (QED) is 0.0968. The highest BCUT2D eigenvalue weighted by Crippen LogP contribution is 2.47. The summed E-state index contributed by atoms with van der Waals surface area (Å²) in [6, 6.07) is 200. The van der Waals surface area contributed by atoms with Crippen LogP contribution in [0.3, 0.4) is 0 Å². The minimum absolute atomic E-state index is 0.686. The minimum Gasteiger partial charge on any atom is -0.309 e. The van der Waals surface area contributed by atoms with E-state index in [2.05, 4.69) is 567 Å². The van der Waals surface area contributed by atoms with Crippen molar-refractivity contribution in [3.63, 3.8) is 0 Å². The molecule has 0 unspecified atom stereocenters. The normalized spacial score (nSPS) is 11.7.